The van der Waals surface area contributed by atoms with E-state index in [4.69, 9.17) is 0 Å². The molecule has 132 valence electrons. The molecule has 1 saturated heterocycles. The second kappa shape index (κ2) is 8.18. The second-order valence-corrected chi connectivity index (χ2v) is 6.88. The van der Waals surface area contributed by atoms with Crippen molar-refractivity contribution in [2.24, 2.45) is 0 Å². The van der Waals surface area contributed by atoms with E-state index < -0.39 is 28.2 Å². The fourth-order valence-corrected chi connectivity index (χ4v) is 3.66. The Morgan fingerprint density at radius 2 is 2.09 bits per heavy atom. The van der Waals surface area contributed by atoms with Crippen LogP contribution in [0.25, 0.3) is 0 Å². The maximum Gasteiger partial charge on any atom is 0.387 e. The summed E-state index contributed by atoms with van der Waals surface area (Å²) in [5, 5.41) is 3.19. The molecule has 5 nitrogen and oxygen atoms in total. The second-order valence-electron chi connectivity index (χ2n) is 5.17. The number of rotatable bonds is 5. The summed E-state index contributed by atoms with van der Waals surface area (Å²) < 4.78 is 68.6. The smallest absolute Gasteiger partial charge is 0.387 e. The Hall–Kier alpha value is -1.03. The molecule has 0 radical (unpaired) electrons. The fourth-order valence-electron chi connectivity index (χ4n) is 2.37. The molecule has 0 aliphatic carbocycles. The highest BCUT2D eigenvalue weighted by Crippen LogP contribution is 2.23. The van der Waals surface area contributed by atoms with Gasteiger partial charge in [0.2, 0.25) is 10.0 Å². The van der Waals surface area contributed by atoms with Crippen molar-refractivity contribution in [3.05, 3.63) is 24.0 Å². The van der Waals surface area contributed by atoms with E-state index in [2.05, 4.69) is 14.8 Å². The highest BCUT2D eigenvalue weighted by Gasteiger charge is 2.25. The Kier molecular flexibility index (Phi) is 7.12. The lowest BCUT2D eigenvalue weighted by Crippen LogP contribution is -2.46. The minimum absolute atomic E-state index is 0. The molecular formula is C13H18ClF3N2O3S. The van der Waals surface area contributed by atoms with Crippen LogP contribution in [0, 0.1) is 5.82 Å². The highest BCUT2D eigenvalue weighted by molar-refractivity contribution is 7.89. The van der Waals surface area contributed by atoms with Crippen molar-refractivity contribution >= 4 is 22.4 Å². The lowest BCUT2D eigenvalue weighted by atomic mass is 10.0. The van der Waals surface area contributed by atoms with Crippen molar-refractivity contribution in [3.63, 3.8) is 0 Å². The van der Waals surface area contributed by atoms with Crippen LogP contribution in [0.2, 0.25) is 0 Å². The van der Waals surface area contributed by atoms with Gasteiger partial charge in [-0.3, -0.25) is 0 Å². The Bertz CT molecular complexity index is 631. The van der Waals surface area contributed by atoms with E-state index in [-0.39, 0.29) is 29.4 Å². The summed E-state index contributed by atoms with van der Waals surface area (Å²) in [6, 6.07) is 2.51. The summed E-state index contributed by atoms with van der Waals surface area (Å²) in [4.78, 5) is -0.321. The number of benzene rings is 1. The van der Waals surface area contributed by atoms with E-state index in [1.807, 2.05) is 6.92 Å². The van der Waals surface area contributed by atoms with E-state index in [0.717, 1.165) is 12.1 Å². The molecule has 2 N–H and O–H groups in total. The average Bonchev–Trinajstić information content (AvgIpc) is 2.40. The zero-order chi connectivity index (χ0) is 16.3. The summed E-state index contributed by atoms with van der Waals surface area (Å²) in [6.45, 7) is -0.549. The number of piperidine rings is 1. The molecule has 2 atom stereocenters. The first kappa shape index (κ1) is 20.0. The van der Waals surface area contributed by atoms with Crippen LogP contribution < -0.4 is 14.8 Å². The van der Waals surface area contributed by atoms with Gasteiger partial charge < -0.3 is 10.1 Å². The Labute approximate surface area is 139 Å². The van der Waals surface area contributed by atoms with Crippen molar-refractivity contribution in [2.75, 3.05) is 6.54 Å². The Morgan fingerprint density at radius 1 is 1.39 bits per heavy atom. The first-order valence-corrected chi connectivity index (χ1v) is 8.26. The minimum Gasteiger partial charge on any atom is -0.432 e. The minimum atomic E-state index is -3.91. The lowest BCUT2D eigenvalue weighted by Gasteiger charge is -2.28. The monoisotopic (exact) mass is 374 g/mol. The third kappa shape index (κ3) is 5.52. The van der Waals surface area contributed by atoms with Gasteiger partial charge in [-0.25, -0.2) is 17.5 Å². The summed E-state index contributed by atoms with van der Waals surface area (Å²) in [7, 11) is -3.91. The maximum atomic E-state index is 13.6. The molecule has 0 saturated carbocycles. The molecule has 0 bridgehead atoms. The highest BCUT2D eigenvalue weighted by atomic mass is 35.5. The van der Waals surface area contributed by atoms with Gasteiger partial charge in [0, 0.05) is 12.1 Å². The zero-order valence-corrected chi connectivity index (χ0v) is 13.9. The molecule has 23 heavy (non-hydrogen) atoms. The summed E-state index contributed by atoms with van der Waals surface area (Å²) in [6.07, 6.45) is 1.24. The van der Waals surface area contributed by atoms with Crippen LogP contribution in [0.15, 0.2) is 23.1 Å². The van der Waals surface area contributed by atoms with Crippen molar-refractivity contribution in [2.45, 2.75) is 43.4 Å². The van der Waals surface area contributed by atoms with E-state index >= 15 is 0 Å². The molecule has 1 heterocycles. The molecule has 2 rings (SSSR count). The molecule has 0 amide bonds. The average molecular weight is 375 g/mol. The number of ether oxygens (including phenoxy) is 1. The SMILES string of the molecule is CC1CC(NS(=O)(=O)c2ccc(OC(F)F)c(F)c2)CCN1.Cl. The lowest BCUT2D eigenvalue weighted by molar-refractivity contribution is -0.0522. The maximum absolute atomic E-state index is 13.6. The number of sulfonamides is 1. The first-order valence-electron chi connectivity index (χ1n) is 6.78. The largest absolute Gasteiger partial charge is 0.432 e. The van der Waals surface area contributed by atoms with E-state index in [0.29, 0.717) is 25.5 Å². The molecule has 0 spiro atoms. The van der Waals surface area contributed by atoms with Gasteiger partial charge in [0.05, 0.1) is 4.90 Å². The van der Waals surface area contributed by atoms with Crippen LogP contribution in [0.5, 0.6) is 5.75 Å². The van der Waals surface area contributed by atoms with Crippen molar-refractivity contribution in [1.82, 2.24) is 10.0 Å². The zero-order valence-electron chi connectivity index (χ0n) is 12.3. The van der Waals surface area contributed by atoms with E-state index in [1.54, 1.807) is 0 Å². The summed E-state index contributed by atoms with van der Waals surface area (Å²) >= 11 is 0. The van der Waals surface area contributed by atoms with Gasteiger partial charge >= 0.3 is 6.61 Å². The fraction of sp³-hybridized carbons (Fsp3) is 0.538. The number of halogens is 4. The molecule has 10 heteroatoms. The molecule has 2 unspecified atom stereocenters. The Morgan fingerprint density at radius 3 is 2.65 bits per heavy atom. The molecule has 0 aromatic heterocycles. The van der Waals surface area contributed by atoms with Crippen LogP contribution in [0.4, 0.5) is 13.2 Å². The molecule has 1 aliphatic rings. The quantitative estimate of drug-likeness (QED) is 0.829. The van der Waals surface area contributed by atoms with Crippen LogP contribution in [-0.2, 0) is 10.0 Å². The third-order valence-corrected chi connectivity index (χ3v) is 4.89. The van der Waals surface area contributed by atoms with Crippen molar-refractivity contribution in [3.8, 4) is 5.75 Å². The third-order valence-electron chi connectivity index (χ3n) is 3.38. The van der Waals surface area contributed by atoms with Gasteiger partial charge in [-0.15, -0.1) is 12.4 Å². The normalized spacial score (nSPS) is 21.8. The van der Waals surface area contributed by atoms with E-state index in [9.17, 15) is 21.6 Å². The molecular weight excluding hydrogens is 357 g/mol. The number of hydrogen-bond acceptors (Lipinski definition) is 4. The molecule has 1 aromatic rings. The van der Waals surface area contributed by atoms with Gasteiger partial charge in [0.15, 0.2) is 11.6 Å². The van der Waals surface area contributed by atoms with Gasteiger partial charge in [-0.05, 0) is 44.5 Å². The van der Waals surface area contributed by atoms with Crippen molar-refractivity contribution < 1.29 is 26.3 Å². The van der Waals surface area contributed by atoms with Gasteiger partial charge in [0.1, 0.15) is 0 Å². The molecule has 1 aromatic carbocycles. The van der Waals surface area contributed by atoms with Crippen LogP contribution in [-0.4, -0.2) is 33.7 Å². The summed E-state index contributed by atoms with van der Waals surface area (Å²) in [5.41, 5.74) is 0. The molecule has 1 aliphatic heterocycles. The van der Waals surface area contributed by atoms with Crippen LogP contribution in [0.3, 0.4) is 0 Å². The first-order chi connectivity index (χ1) is 10.3. The van der Waals surface area contributed by atoms with Crippen LogP contribution >= 0.6 is 12.4 Å². The van der Waals surface area contributed by atoms with Gasteiger partial charge in [-0.2, -0.15) is 8.78 Å². The van der Waals surface area contributed by atoms with Crippen LogP contribution in [0.1, 0.15) is 19.8 Å². The number of alkyl halides is 2. The Balaban J connectivity index is 0.00000264. The predicted octanol–water partition coefficient (Wildman–Crippen LogP) is 2.27. The van der Waals surface area contributed by atoms with Gasteiger partial charge in [-0.1, -0.05) is 0 Å². The molecule has 1 fully saturated rings. The van der Waals surface area contributed by atoms with Gasteiger partial charge in [0.25, 0.3) is 0 Å². The van der Waals surface area contributed by atoms with E-state index in [1.165, 1.54) is 0 Å². The topological polar surface area (TPSA) is 67.4 Å². The predicted molar refractivity (Wildman–Crippen MR) is 81.1 cm³/mol. The standard InChI is InChI=1S/C13H17F3N2O3S.ClH/c1-8-6-9(4-5-17-8)18-22(19,20)10-2-3-12(11(14)7-10)21-13(15)16;/h2-3,7-9,13,17-18H,4-6H2,1H3;1H. The number of nitrogens with one attached hydrogen (secondary N) is 2. The summed E-state index contributed by atoms with van der Waals surface area (Å²) in [5.74, 6) is -1.84. The van der Waals surface area contributed by atoms with Crippen molar-refractivity contribution in [1.29, 1.82) is 0 Å². The number of hydrogen-bond donors (Lipinski definition) is 2.